The second-order valence-electron chi connectivity index (χ2n) is 3.77. The molecule has 80 valence electrons. The van der Waals surface area contributed by atoms with Crippen LogP contribution in [0.5, 0.6) is 0 Å². The van der Waals surface area contributed by atoms with Gasteiger partial charge in [0.05, 0.1) is 3.92 Å². The molecule has 0 fully saturated rings. The van der Waals surface area contributed by atoms with Gasteiger partial charge in [-0.15, -0.1) is 11.8 Å². The molecule has 14 heavy (non-hydrogen) atoms. The number of rotatable bonds is 5. The molecule has 0 aliphatic heterocycles. The van der Waals surface area contributed by atoms with Crippen molar-refractivity contribution in [3.05, 3.63) is 0 Å². The molecule has 0 aromatic heterocycles. The molecule has 1 atom stereocenters. The van der Waals surface area contributed by atoms with Crippen LogP contribution in [-0.2, 0) is 4.79 Å². The maximum Gasteiger partial charge on any atom is 0.145 e. The molecule has 0 rings (SSSR count). The molecule has 0 saturated heterocycles. The maximum absolute atomic E-state index is 11.2. The second-order valence-corrected chi connectivity index (χ2v) is 5.63. The zero-order valence-corrected chi connectivity index (χ0v) is 11.4. The molecular weight excluding hydrogens is 287 g/mol. The first-order valence-corrected chi connectivity index (χ1v) is 6.43. The summed E-state index contributed by atoms with van der Waals surface area (Å²) in [6, 6.07) is 0. The van der Waals surface area contributed by atoms with Gasteiger partial charge in [-0.25, -0.2) is 0 Å². The lowest BCUT2D eigenvalue weighted by Gasteiger charge is -2.00. The molecule has 0 saturated carbocycles. The minimum Gasteiger partial charge on any atom is -0.299 e. The summed E-state index contributed by atoms with van der Waals surface area (Å²) < 4.78 is 0.161. The smallest absolute Gasteiger partial charge is 0.145 e. The molecule has 0 amide bonds. The quantitative estimate of drug-likeness (QED) is 0.328. The zero-order chi connectivity index (χ0) is 11.0. The van der Waals surface area contributed by atoms with E-state index in [1.54, 1.807) is 0 Å². The predicted octanol–water partition coefficient (Wildman–Crippen LogP) is 3.60. The summed E-state index contributed by atoms with van der Waals surface area (Å²) in [6.07, 6.45) is 3.68. The number of hydrogen-bond acceptors (Lipinski definition) is 1. The van der Waals surface area contributed by atoms with Crippen LogP contribution in [0.3, 0.4) is 0 Å². The van der Waals surface area contributed by atoms with Crippen molar-refractivity contribution >= 4 is 28.4 Å². The molecule has 0 aromatic carbocycles. The van der Waals surface area contributed by atoms with Crippen LogP contribution in [-0.4, -0.2) is 9.71 Å². The molecule has 0 spiro atoms. The summed E-state index contributed by atoms with van der Waals surface area (Å²) in [7, 11) is 0. The van der Waals surface area contributed by atoms with Crippen LogP contribution < -0.4 is 0 Å². The average molecular weight is 306 g/mol. The average Bonchev–Trinajstić information content (AvgIpc) is 2.09. The van der Waals surface area contributed by atoms with Gasteiger partial charge < -0.3 is 0 Å². The van der Waals surface area contributed by atoms with Gasteiger partial charge in [-0.3, -0.25) is 4.79 Å². The van der Waals surface area contributed by atoms with Gasteiger partial charge in [-0.2, -0.15) is 0 Å². The third kappa shape index (κ3) is 8.55. The standard InChI is InChI=1S/C12H19IO/c1-10(2)8-6-4-5-7-9-12(14)11(3)13/h10-11H,4-5,7,9H2,1-3H3. The van der Waals surface area contributed by atoms with E-state index in [0.29, 0.717) is 18.1 Å². The van der Waals surface area contributed by atoms with Gasteiger partial charge in [0.15, 0.2) is 0 Å². The van der Waals surface area contributed by atoms with Crippen molar-refractivity contribution in [3.63, 3.8) is 0 Å². The molecule has 0 radical (unpaired) electrons. The Morgan fingerprint density at radius 2 is 1.93 bits per heavy atom. The van der Waals surface area contributed by atoms with Crippen molar-refractivity contribution in [2.75, 3.05) is 0 Å². The van der Waals surface area contributed by atoms with E-state index in [9.17, 15) is 4.79 Å². The Labute approximate surface area is 101 Å². The van der Waals surface area contributed by atoms with Gasteiger partial charge in [0.2, 0.25) is 0 Å². The van der Waals surface area contributed by atoms with Crippen LogP contribution in [0.15, 0.2) is 0 Å². The van der Waals surface area contributed by atoms with E-state index in [0.717, 1.165) is 19.3 Å². The third-order valence-corrected chi connectivity index (χ3v) is 2.50. The topological polar surface area (TPSA) is 17.1 Å². The van der Waals surface area contributed by atoms with E-state index in [2.05, 4.69) is 48.3 Å². The molecule has 1 nitrogen and oxygen atoms in total. The Morgan fingerprint density at radius 3 is 2.43 bits per heavy atom. The van der Waals surface area contributed by atoms with Crippen LogP contribution in [0, 0.1) is 17.8 Å². The highest BCUT2D eigenvalue weighted by Crippen LogP contribution is 2.07. The summed E-state index contributed by atoms with van der Waals surface area (Å²) in [5, 5.41) is 0. The number of halogens is 1. The van der Waals surface area contributed by atoms with E-state index in [1.807, 2.05) is 6.92 Å². The number of alkyl halides is 1. The van der Waals surface area contributed by atoms with E-state index < -0.39 is 0 Å². The van der Waals surface area contributed by atoms with Crippen molar-refractivity contribution in [2.45, 2.75) is 50.4 Å². The van der Waals surface area contributed by atoms with E-state index in [-0.39, 0.29) is 3.92 Å². The van der Waals surface area contributed by atoms with Crippen LogP contribution in [0.1, 0.15) is 46.5 Å². The Morgan fingerprint density at radius 1 is 1.29 bits per heavy atom. The fraction of sp³-hybridized carbons (Fsp3) is 0.750. The fourth-order valence-electron chi connectivity index (χ4n) is 0.988. The van der Waals surface area contributed by atoms with Crippen molar-refractivity contribution in [1.29, 1.82) is 0 Å². The van der Waals surface area contributed by atoms with Gasteiger partial charge >= 0.3 is 0 Å². The molecule has 1 unspecified atom stereocenters. The van der Waals surface area contributed by atoms with E-state index in [1.165, 1.54) is 0 Å². The molecule has 0 heterocycles. The number of hydrogen-bond donors (Lipinski definition) is 0. The summed E-state index contributed by atoms with van der Waals surface area (Å²) in [6.45, 7) is 6.13. The van der Waals surface area contributed by atoms with Crippen molar-refractivity contribution in [1.82, 2.24) is 0 Å². The van der Waals surface area contributed by atoms with Crippen molar-refractivity contribution in [3.8, 4) is 11.8 Å². The third-order valence-electron chi connectivity index (χ3n) is 1.81. The second kappa shape index (κ2) is 8.28. The molecule has 0 aliphatic rings. The van der Waals surface area contributed by atoms with Gasteiger partial charge in [0, 0.05) is 18.8 Å². The number of Topliss-reactive ketones (excluding diaryl/α,β-unsaturated/α-hetero) is 1. The zero-order valence-electron chi connectivity index (χ0n) is 9.27. The SMILES string of the molecule is CC(C)C#CCCCCC(=O)C(C)I. The summed E-state index contributed by atoms with van der Waals surface area (Å²) in [5.74, 6) is 7.07. The van der Waals surface area contributed by atoms with Gasteiger partial charge in [-0.05, 0) is 19.8 Å². The highest BCUT2D eigenvalue weighted by molar-refractivity contribution is 14.1. The highest BCUT2D eigenvalue weighted by atomic mass is 127. The first kappa shape index (κ1) is 14.0. The lowest BCUT2D eigenvalue weighted by Crippen LogP contribution is -2.08. The maximum atomic E-state index is 11.2. The first-order valence-electron chi connectivity index (χ1n) is 5.19. The fourth-order valence-corrected chi connectivity index (χ4v) is 1.30. The van der Waals surface area contributed by atoms with E-state index >= 15 is 0 Å². The number of carbonyl (C=O) groups excluding carboxylic acids is 1. The van der Waals surface area contributed by atoms with Crippen molar-refractivity contribution < 1.29 is 4.79 Å². The summed E-state index contributed by atoms with van der Waals surface area (Å²) >= 11 is 2.17. The Bertz CT molecular complexity index is 220. The monoisotopic (exact) mass is 306 g/mol. The first-order chi connectivity index (χ1) is 6.54. The molecule has 0 bridgehead atoms. The summed E-state index contributed by atoms with van der Waals surface area (Å²) in [5.41, 5.74) is 0. The number of unbranched alkanes of at least 4 members (excludes halogenated alkanes) is 2. The van der Waals surface area contributed by atoms with Crippen molar-refractivity contribution in [2.24, 2.45) is 5.92 Å². The molecule has 2 heteroatoms. The van der Waals surface area contributed by atoms with Gasteiger partial charge in [0.25, 0.3) is 0 Å². The molecular formula is C12H19IO. The van der Waals surface area contributed by atoms with Gasteiger partial charge in [-0.1, -0.05) is 36.4 Å². The highest BCUT2D eigenvalue weighted by Gasteiger charge is 2.06. The lowest BCUT2D eigenvalue weighted by atomic mass is 10.1. The largest absolute Gasteiger partial charge is 0.299 e. The Balaban J connectivity index is 3.40. The summed E-state index contributed by atoms with van der Waals surface area (Å²) in [4.78, 5) is 11.2. The minimum atomic E-state index is 0.161. The van der Waals surface area contributed by atoms with Crippen LogP contribution in [0.4, 0.5) is 0 Å². The lowest BCUT2D eigenvalue weighted by molar-refractivity contribution is -0.118. The number of carbonyl (C=O) groups is 1. The molecule has 0 aromatic rings. The molecule has 0 N–H and O–H groups in total. The van der Waals surface area contributed by atoms with Crippen LogP contribution in [0.2, 0.25) is 0 Å². The molecule has 0 aliphatic carbocycles. The van der Waals surface area contributed by atoms with Gasteiger partial charge in [0.1, 0.15) is 5.78 Å². The minimum absolute atomic E-state index is 0.161. The van der Waals surface area contributed by atoms with Crippen LogP contribution in [0.25, 0.3) is 0 Å². The Hall–Kier alpha value is -0.0400. The van der Waals surface area contributed by atoms with E-state index in [4.69, 9.17) is 0 Å². The predicted molar refractivity (Wildman–Crippen MR) is 69.6 cm³/mol. The number of ketones is 1. The Kier molecular flexibility index (Phi) is 8.26. The van der Waals surface area contributed by atoms with Crippen LogP contribution >= 0.6 is 22.6 Å². The normalized spacial score (nSPS) is 12.1.